The smallest absolute Gasteiger partial charge is 0.266 e. The van der Waals surface area contributed by atoms with Gasteiger partial charge in [-0.2, -0.15) is 0 Å². The van der Waals surface area contributed by atoms with Crippen molar-refractivity contribution in [2.75, 3.05) is 10.6 Å². The third-order valence-corrected chi connectivity index (χ3v) is 5.49. The Morgan fingerprint density at radius 1 is 1.24 bits per heavy atom. The first-order valence-corrected chi connectivity index (χ1v) is 8.75. The minimum Gasteiger partial charge on any atom is -0.479 e. The molecule has 0 radical (unpaired) electrons. The fraction of sp³-hybridized carbons (Fsp3) is 0.158. The van der Waals surface area contributed by atoms with Crippen molar-refractivity contribution < 1.29 is 14.3 Å². The van der Waals surface area contributed by atoms with Crippen molar-refractivity contribution in [3.63, 3.8) is 0 Å². The Morgan fingerprint density at radius 3 is 2.84 bits per heavy atom. The van der Waals surface area contributed by atoms with Gasteiger partial charge >= 0.3 is 0 Å². The van der Waals surface area contributed by atoms with E-state index >= 15 is 0 Å². The molecule has 5 nitrogen and oxygen atoms in total. The summed E-state index contributed by atoms with van der Waals surface area (Å²) in [5.41, 5.74) is 2.15. The molecule has 1 aliphatic heterocycles. The maximum atomic E-state index is 12.7. The van der Waals surface area contributed by atoms with Crippen LogP contribution in [0.3, 0.4) is 0 Å². The summed E-state index contributed by atoms with van der Waals surface area (Å²) in [5, 5.41) is 6.78. The lowest BCUT2D eigenvalue weighted by Crippen LogP contribution is -2.34. The lowest BCUT2D eigenvalue weighted by atomic mass is 10.1. The van der Waals surface area contributed by atoms with Gasteiger partial charge in [-0.15, -0.1) is 11.3 Å². The molecule has 0 aliphatic carbocycles. The lowest BCUT2D eigenvalue weighted by molar-refractivity contribution is -0.122. The molecular weight excluding hydrogens is 336 g/mol. The molecule has 1 aliphatic rings. The summed E-state index contributed by atoms with van der Waals surface area (Å²) in [6, 6.07) is 13.2. The summed E-state index contributed by atoms with van der Waals surface area (Å²) >= 11 is 1.47. The first-order chi connectivity index (χ1) is 12.0. The summed E-state index contributed by atoms with van der Waals surface area (Å²) in [4.78, 5) is 25.1. The average Bonchev–Trinajstić information content (AvgIpc) is 2.94. The molecule has 1 atom stereocenters. The number of amides is 2. The summed E-state index contributed by atoms with van der Waals surface area (Å²) in [7, 11) is 0. The van der Waals surface area contributed by atoms with Gasteiger partial charge < -0.3 is 15.4 Å². The first kappa shape index (κ1) is 15.7. The molecule has 0 saturated heterocycles. The molecule has 4 rings (SSSR count). The minimum atomic E-state index is -0.519. The van der Waals surface area contributed by atoms with Crippen LogP contribution >= 0.6 is 11.3 Å². The van der Waals surface area contributed by atoms with Gasteiger partial charge in [0.25, 0.3) is 11.8 Å². The van der Waals surface area contributed by atoms with Crippen molar-refractivity contribution in [3.05, 3.63) is 52.9 Å². The third-order valence-electron chi connectivity index (χ3n) is 4.22. The predicted molar refractivity (Wildman–Crippen MR) is 99.7 cm³/mol. The van der Waals surface area contributed by atoms with Crippen LogP contribution in [0, 0.1) is 6.92 Å². The van der Waals surface area contributed by atoms with Gasteiger partial charge in [0.15, 0.2) is 6.10 Å². The van der Waals surface area contributed by atoms with E-state index in [-0.39, 0.29) is 11.8 Å². The van der Waals surface area contributed by atoms with Crippen LogP contribution in [0.5, 0.6) is 5.75 Å². The van der Waals surface area contributed by atoms with Crippen molar-refractivity contribution in [1.82, 2.24) is 0 Å². The van der Waals surface area contributed by atoms with Crippen LogP contribution in [0.2, 0.25) is 0 Å². The molecule has 126 valence electrons. The second-order valence-electron chi connectivity index (χ2n) is 5.97. The predicted octanol–water partition coefficient (Wildman–Crippen LogP) is 4.18. The van der Waals surface area contributed by atoms with Crippen molar-refractivity contribution >= 4 is 44.6 Å². The highest BCUT2D eigenvalue weighted by Crippen LogP contribution is 2.34. The zero-order chi connectivity index (χ0) is 17.6. The summed E-state index contributed by atoms with van der Waals surface area (Å²) < 4.78 is 6.61. The molecule has 0 spiro atoms. The number of ether oxygens (including phenoxy) is 1. The average molecular weight is 352 g/mol. The molecule has 0 bridgehead atoms. The van der Waals surface area contributed by atoms with Crippen LogP contribution in [-0.4, -0.2) is 17.9 Å². The molecule has 0 fully saturated rings. The van der Waals surface area contributed by atoms with Crippen LogP contribution in [0.1, 0.15) is 22.2 Å². The fourth-order valence-corrected chi connectivity index (χ4v) is 3.97. The Bertz CT molecular complexity index is 1010. The topological polar surface area (TPSA) is 67.4 Å². The number of hydrogen-bond acceptors (Lipinski definition) is 4. The minimum absolute atomic E-state index is 0.157. The normalized spacial score (nSPS) is 16.1. The van der Waals surface area contributed by atoms with E-state index in [4.69, 9.17) is 4.74 Å². The fourth-order valence-electron chi connectivity index (χ4n) is 2.87. The van der Waals surface area contributed by atoms with E-state index in [1.54, 1.807) is 25.1 Å². The number of nitrogens with one attached hydrogen (secondary N) is 2. The number of carbonyl (C=O) groups is 2. The number of aryl methyl sites for hydroxylation is 1. The van der Waals surface area contributed by atoms with Gasteiger partial charge in [0.2, 0.25) is 0 Å². The molecule has 0 saturated carbocycles. The van der Waals surface area contributed by atoms with Crippen molar-refractivity contribution in [3.8, 4) is 5.75 Å². The highest BCUT2D eigenvalue weighted by Gasteiger charge is 2.24. The summed E-state index contributed by atoms with van der Waals surface area (Å²) in [6.07, 6.45) is -0.519. The lowest BCUT2D eigenvalue weighted by Gasteiger charge is -2.23. The number of benzene rings is 2. The van der Waals surface area contributed by atoms with Gasteiger partial charge in [0.05, 0.1) is 10.6 Å². The van der Waals surface area contributed by atoms with Gasteiger partial charge in [-0.05, 0) is 49.1 Å². The number of fused-ring (bicyclic) bond motifs is 2. The molecular formula is C19H16N2O3S. The molecule has 2 aromatic carbocycles. The summed E-state index contributed by atoms with van der Waals surface area (Å²) in [5.74, 6) is 0.245. The van der Waals surface area contributed by atoms with Crippen LogP contribution in [0.15, 0.2) is 42.5 Å². The molecule has 2 N–H and O–H groups in total. The quantitative estimate of drug-likeness (QED) is 0.727. The maximum absolute atomic E-state index is 12.7. The molecule has 6 heteroatoms. The Kier molecular flexibility index (Phi) is 3.69. The van der Waals surface area contributed by atoms with Gasteiger partial charge in [-0.25, -0.2) is 0 Å². The van der Waals surface area contributed by atoms with Gasteiger partial charge in [0.1, 0.15) is 5.75 Å². The Labute approximate surface area is 148 Å². The van der Waals surface area contributed by atoms with Crippen molar-refractivity contribution in [2.45, 2.75) is 20.0 Å². The number of anilines is 2. The molecule has 2 heterocycles. The molecule has 3 aromatic rings. The largest absolute Gasteiger partial charge is 0.479 e. The zero-order valence-electron chi connectivity index (χ0n) is 13.8. The zero-order valence-corrected chi connectivity index (χ0v) is 14.6. The SMILES string of the molecule is Cc1c(C(=O)Nc2ccc3c(c2)NC(=O)[C@H](C)O3)sc2ccccc12. The Hall–Kier alpha value is -2.86. The van der Waals surface area contributed by atoms with E-state index in [1.807, 2.05) is 31.2 Å². The third kappa shape index (κ3) is 2.74. The number of carbonyl (C=O) groups excluding carboxylic acids is 2. The van der Waals surface area contributed by atoms with Gasteiger partial charge in [-0.1, -0.05) is 18.2 Å². The monoisotopic (exact) mass is 352 g/mol. The van der Waals surface area contributed by atoms with E-state index in [2.05, 4.69) is 10.6 Å². The number of thiophene rings is 1. The number of hydrogen-bond donors (Lipinski definition) is 2. The highest BCUT2D eigenvalue weighted by atomic mass is 32.1. The Balaban J connectivity index is 1.61. The molecule has 1 aromatic heterocycles. The van der Waals surface area contributed by atoms with Crippen LogP contribution in [0.25, 0.3) is 10.1 Å². The molecule has 0 unspecified atom stereocenters. The van der Waals surface area contributed by atoms with E-state index in [1.165, 1.54) is 11.3 Å². The number of rotatable bonds is 2. The van der Waals surface area contributed by atoms with Crippen LogP contribution < -0.4 is 15.4 Å². The van der Waals surface area contributed by atoms with Gasteiger partial charge in [-0.3, -0.25) is 9.59 Å². The van der Waals surface area contributed by atoms with Gasteiger partial charge in [0, 0.05) is 10.4 Å². The van der Waals surface area contributed by atoms with Crippen LogP contribution in [-0.2, 0) is 4.79 Å². The first-order valence-electron chi connectivity index (χ1n) is 7.94. The standard InChI is InChI=1S/C19H16N2O3S/c1-10-13-5-3-4-6-16(13)25-17(10)19(23)20-12-7-8-15-14(9-12)21-18(22)11(2)24-15/h3-9,11H,1-2H3,(H,20,23)(H,21,22)/t11-/m0/s1. The van der Waals surface area contributed by atoms with E-state index in [0.717, 1.165) is 15.6 Å². The van der Waals surface area contributed by atoms with Crippen LogP contribution in [0.4, 0.5) is 11.4 Å². The highest BCUT2D eigenvalue weighted by molar-refractivity contribution is 7.21. The van der Waals surface area contributed by atoms with Crippen molar-refractivity contribution in [1.29, 1.82) is 0 Å². The molecule has 25 heavy (non-hydrogen) atoms. The van der Waals surface area contributed by atoms with E-state index < -0.39 is 6.10 Å². The molecule has 2 amide bonds. The maximum Gasteiger partial charge on any atom is 0.266 e. The second kappa shape index (κ2) is 5.89. The van der Waals surface area contributed by atoms with E-state index in [9.17, 15) is 9.59 Å². The van der Waals surface area contributed by atoms with E-state index in [0.29, 0.717) is 22.0 Å². The Morgan fingerprint density at radius 2 is 2.04 bits per heavy atom. The van der Waals surface area contributed by atoms with Crippen molar-refractivity contribution in [2.24, 2.45) is 0 Å². The summed E-state index contributed by atoms with van der Waals surface area (Å²) in [6.45, 7) is 3.65. The second-order valence-corrected chi connectivity index (χ2v) is 7.02.